The quantitative estimate of drug-likeness (QED) is 0.252. The van der Waals surface area contributed by atoms with Crippen LogP contribution in [0, 0.1) is 0 Å². The van der Waals surface area contributed by atoms with Crippen molar-refractivity contribution in [3.63, 3.8) is 0 Å². The number of halogens is 1. The van der Waals surface area contributed by atoms with Crippen molar-refractivity contribution < 1.29 is 18.6 Å². The van der Waals surface area contributed by atoms with Gasteiger partial charge in [-0.25, -0.2) is 0 Å². The van der Waals surface area contributed by atoms with Gasteiger partial charge in [0, 0.05) is 16.6 Å². The first-order chi connectivity index (χ1) is 17.9. The Kier molecular flexibility index (Phi) is 6.71. The van der Waals surface area contributed by atoms with E-state index in [1.165, 1.54) is 4.57 Å². The lowest BCUT2D eigenvalue weighted by Crippen LogP contribution is -2.28. The van der Waals surface area contributed by atoms with E-state index in [1.807, 2.05) is 30.3 Å². The molecule has 0 aliphatic carbocycles. The molecule has 0 amide bonds. The SMILES string of the molecule is COc1ccc(-c2nc3oc4ccc(Br)cc4c(=O)c3c(=O)n2CCc2ccc(OC)c(OC)c2)cc1. The highest BCUT2D eigenvalue weighted by Crippen LogP contribution is 2.28. The minimum Gasteiger partial charge on any atom is -0.497 e. The van der Waals surface area contributed by atoms with Crippen LogP contribution in [0.2, 0.25) is 0 Å². The highest BCUT2D eigenvalue weighted by molar-refractivity contribution is 9.10. The van der Waals surface area contributed by atoms with Gasteiger partial charge in [0.2, 0.25) is 11.1 Å². The third kappa shape index (κ3) is 4.58. The van der Waals surface area contributed by atoms with Crippen molar-refractivity contribution in [2.45, 2.75) is 13.0 Å². The standard InChI is InChI=1S/C28H23BrN2O6/c1-34-19-8-5-17(6-9-19)26-30-27-24(25(32)20-15-18(29)7-11-21(20)37-27)28(33)31(26)13-12-16-4-10-22(35-2)23(14-16)36-3/h4-11,14-15H,12-13H2,1-3H3. The zero-order valence-electron chi connectivity index (χ0n) is 20.4. The number of ether oxygens (including phenoxy) is 3. The number of nitrogens with zero attached hydrogens (tertiary/aromatic N) is 2. The average Bonchev–Trinajstić information content (AvgIpc) is 2.92. The van der Waals surface area contributed by atoms with E-state index >= 15 is 0 Å². The number of aromatic nitrogens is 2. The van der Waals surface area contributed by atoms with Gasteiger partial charge >= 0.3 is 0 Å². The Balaban J connectivity index is 1.69. The molecule has 188 valence electrons. The van der Waals surface area contributed by atoms with Crippen molar-refractivity contribution in [1.82, 2.24) is 9.55 Å². The highest BCUT2D eigenvalue weighted by Gasteiger charge is 2.19. The minimum atomic E-state index is -0.466. The van der Waals surface area contributed by atoms with E-state index in [9.17, 15) is 9.59 Å². The molecule has 5 aromatic rings. The first-order valence-electron chi connectivity index (χ1n) is 11.5. The molecule has 0 saturated carbocycles. The molecule has 0 fully saturated rings. The van der Waals surface area contributed by atoms with E-state index < -0.39 is 11.0 Å². The molecule has 3 aromatic carbocycles. The summed E-state index contributed by atoms with van der Waals surface area (Å²) in [6.07, 6.45) is 0.487. The lowest BCUT2D eigenvalue weighted by Gasteiger charge is -2.15. The van der Waals surface area contributed by atoms with Crippen LogP contribution in [-0.2, 0) is 13.0 Å². The minimum absolute atomic E-state index is 0.00185. The summed E-state index contributed by atoms with van der Waals surface area (Å²) in [4.78, 5) is 31.9. The fourth-order valence-electron chi connectivity index (χ4n) is 4.26. The lowest BCUT2D eigenvalue weighted by atomic mass is 10.1. The number of methoxy groups -OCH3 is 3. The number of hydrogen-bond acceptors (Lipinski definition) is 7. The van der Waals surface area contributed by atoms with Gasteiger partial charge in [0.05, 0.1) is 26.7 Å². The topological polar surface area (TPSA) is 92.8 Å². The Morgan fingerprint density at radius 3 is 2.35 bits per heavy atom. The second-order valence-electron chi connectivity index (χ2n) is 8.31. The van der Waals surface area contributed by atoms with Crippen molar-refractivity contribution in [3.8, 4) is 28.6 Å². The van der Waals surface area contributed by atoms with Crippen LogP contribution < -0.4 is 25.2 Å². The van der Waals surface area contributed by atoms with Gasteiger partial charge in [-0.3, -0.25) is 14.2 Å². The smallest absolute Gasteiger partial charge is 0.269 e. The zero-order chi connectivity index (χ0) is 26.1. The molecule has 9 heteroatoms. The molecule has 0 atom stereocenters. The summed E-state index contributed by atoms with van der Waals surface area (Å²) in [6.45, 7) is 0.272. The van der Waals surface area contributed by atoms with Gasteiger partial charge in [-0.2, -0.15) is 4.98 Å². The van der Waals surface area contributed by atoms with Crippen molar-refractivity contribution in [1.29, 1.82) is 0 Å². The maximum Gasteiger partial charge on any atom is 0.269 e. The Hall–Kier alpha value is -4.11. The molecule has 0 N–H and O–H groups in total. The second-order valence-corrected chi connectivity index (χ2v) is 9.23. The average molecular weight is 563 g/mol. The van der Waals surface area contributed by atoms with Gasteiger partial charge in [0.25, 0.3) is 5.56 Å². The predicted octanol–water partition coefficient (Wildman–Crippen LogP) is 5.20. The maximum atomic E-state index is 13.8. The summed E-state index contributed by atoms with van der Waals surface area (Å²) in [5.74, 6) is 2.27. The van der Waals surface area contributed by atoms with Crippen LogP contribution in [0.15, 0.2) is 79.1 Å². The third-order valence-electron chi connectivity index (χ3n) is 6.18. The summed E-state index contributed by atoms with van der Waals surface area (Å²) in [5, 5.41) is 0.222. The molecular weight excluding hydrogens is 540 g/mol. The fourth-order valence-corrected chi connectivity index (χ4v) is 4.62. The van der Waals surface area contributed by atoms with Crippen molar-refractivity contribution >= 4 is 38.0 Å². The van der Waals surface area contributed by atoms with Gasteiger partial charge in [0.15, 0.2) is 16.9 Å². The van der Waals surface area contributed by atoms with Crippen LogP contribution in [0.3, 0.4) is 0 Å². The molecule has 2 aromatic heterocycles. The van der Waals surface area contributed by atoms with Gasteiger partial charge in [-0.15, -0.1) is 0 Å². The first kappa shape index (κ1) is 24.6. The molecular formula is C28H23BrN2O6. The Morgan fingerprint density at radius 1 is 0.892 bits per heavy atom. The summed E-state index contributed by atoms with van der Waals surface area (Å²) >= 11 is 3.38. The molecule has 0 saturated heterocycles. The number of benzene rings is 3. The van der Waals surface area contributed by atoms with Gasteiger partial charge in [-0.05, 0) is 66.6 Å². The summed E-state index contributed by atoms with van der Waals surface area (Å²) in [5.41, 5.74) is 1.09. The molecule has 0 unspecified atom stereocenters. The summed E-state index contributed by atoms with van der Waals surface area (Å²) in [6, 6.07) is 17.9. The molecule has 0 aliphatic rings. The Bertz CT molecular complexity index is 1740. The molecule has 2 heterocycles. The molecule has 0 radical (unpaired) electrons. The van der Waals surface area contributed by atoms with E-state index in [1.54, 1.807) is 51.7 Å². The van der Waals surface area contributed by atoms with Crippen LogP contribution in [0.25, 0.3) is 33.5 Å². The lowest BCUT2D eigenvalue weighted by molar-refractivity contribution is 0.354. The molecule has 8 nitrogen and oxygen atoms in total. The van der Waals surface area contributed by atoms with Gasteiger partial charge < -0.3 is 18.6 Å². The van der Waals surface area contributed by atoms with E-state index in [-0.39, 0.29) is 17.6 Å². The highest BCUT2D eigenvalue weighted by atomic mass is 79.9. The number of fused-ring (bicyclic) bond motifs is 2. The number of hydrogen-bond donors (Lipinski definition) is 0. The Morgan fingerprint density at radius 2 is 1.65 bits per heavy atom. The summed E-state index contributed by atoms with van der Waals surface area (Å²) < 4.78 is 24.2. The number of rotatable bonds is 7. The van der Waals surface area contributed by atoms with Gasteiger partial charge in [-0.1, -0.05) is 22.0 Å². The molecule has 5 rings (SSSR count). The predicted molar refractivity (Wildman–Crippen MR) is 145 cm³/mol. The van der Waals surface area contributed by atoms with Crippen LogP contribution in [0.4, 0.5) is 0 Å². The maximum absolute atomic E-state index is 13.8. The zero-order valence-corrected chi connectivity index (χ0v) is 22.0. The van der Waals surface area contributed by atoms with Crippen LogP contribution >= 0.6 is 15.9 Å². The first-order valence-corrected chi connectivity index (χ1v) is 12.2. The molecule has 37 heavy (non-hydrogen) atoms. The monoisotopic (exact) mass is 562 g/mol. The van der Waals surface area contributed by atoms with E-state index in [2.05, 4.69) is 20.9 Å². The van der Waals surface area contributed by atoms with Crippen LogP contribution in [0.5, 0.6) is 17.2 Å². The third-order valence-corrected chi connectivity index (χ3v) is 6.67. The van der Waals surface area contributed by atoms with E-state index in [4.69, 9.17) is 18.6 Å². The number of aryl methyl sites for hydroxylation is 1. The van der Waals surface area contributed by atoms with Crippen molar-refractivity contribution in [3.05, 3.63) is 91.3 Å². The van der Waals surface area contributed by atoms with E-state index in [0.29, 0.717) is 50.5 Å². The van der Waals surface area contributed by atoms with E-state index in [0.717, 1.165) is 5.56 Å². The Labute approximate surface area is 220 Å². The van der Waals surface area contributed by atoms with Crippen LogP contribution in [0.1, 0.15) is 5.56 Å². The second kappa shape index (κ2) is 10.1. The summed E-state index contributed by atoms with van der Waals surface area (Å²) in [7, 11) is 4.73. The van der Waals surface area contributed by atoms with Crippen molar-refractivity contribution in [2.75, 3.05) is 21.3 Å². The molecule has 0 spiro atoms. The van der Waals surface area contributed by atoms with Crippen molar-refractivity contribution in [2.24, 2.45) is 0 Å². The fraction of sp³-hybridized carbons (Fsp3) is 0.179. The normalized spacial score (nSPS) is 11.1. The molecule has 0 aliphatic heterocycles. The molecule has 0 bridgehead atoms. The van der Waals surface area contributed by atoms with Gasteiger partial charge in [0.1, 0.15) is 17.2 Å². The van der Waals surface area contributed by atoms with Crippen LogP contribution in [-0.4, -0.2) is 30.9 Å². The largest absolute Gasteiger partial charge is 0.497 e.